The molecule has 1 fully saturated rings. The number of hydrogen-bond donors (Lipinski definition) is 1. The first kappa shape index (κ1) is 9.70. The lowest BCUT2D eigenvalue weighted by Crippen LogP contribution is -2.10. The molecule has 1 N–H and O–H groups in total. The highest BCUT2D eigenvalue weighted by Crippen LogP contribution is 2.47. The van der Waals surface area contributed by atoms with Crippen molar-refractivity contribution < 1.29 is 0 Å². The number of nitrogens with one attached hydrogen (secondary N) is 1. The predicted octanol–water partition coefficient (Wildman–Crippen LogP) is 3.43. The van der Waals surface area contributed by atoms with E-state index >= 15 is 0 Å². The largest absolute Gasteiger partial charge is 0.313 e. The van der Waals surface area contributed by atoms with Gasteiger partial charge in [-0.2, -0.15) is 0 Å². The van der Waals surface area contributed by atoms with E-state index in [1.54, 1.807) is 6.21 Å². The van der Waals surface area contributed by atoms with Crippen molar-refractivity contribution in [1.29, 1.82) is 5.41 Å². The summed E-state index contributed by atoms with van der Waals surface area (Å²) in [5.41, 5.74) is 1.42. The molecule has 1 saturated carbocycles. The van der Waals surface area contributed by atoms with Gasteiger partial charge in [-0.25, -0.2) is 0 Å². The third-order valence-corrected chi connectivity index (χ3v) is 3.61. The van der Waals surface area contributed by atoms with Crippen LogP contribution in [-0.2, 0) is 0 Å². The molecule has 0 amide bonds. The fraction of sp³-hybridized carbons (Fsp3) is 0.615. The molecule has 0 heterocycles. The van der Waals surface area contributed by atoms with Crippen molar-refractivity contribution in [3.05, 3.63) is 23.8 Å². The van der Waals surface area contributed by atoms with Crippen LogP contribution in [0.1, 0.15) is 26.7 Å². The molecule has 4 unspecified atom stereocenters. The summed E-state index contributed by atoms with van der Waals surface area (Å²) in [5.74, 6) is 2.66. The monoisotopic (exact) mass is 189 g/mol. The molecule has 0 spiro atoms. The quantitative estimate of drug-likeness (QED) is 0.508. The highest BCUT2D eigenvalue weighted by atomic mass is 14.5. The van der Waals surface area contributed by atoms with E-state index in [1.165, 1.54) is 18.4 Å². The summed E-state index contributed by atoms with van der Waals surface area (Å²) >= 11 is 0. The standard InChI is InChI=1S/C13H19N/c1-9(2)6-10-7-11(8-14)13-5-3-4-12(10)13/h3,5-6,8,10-14H,4,7H2,1-2H3. The molecule has 0 aliphatic heterocycles. The zero-order valence-corrected chi connectivity index (χ0v) is 9.03. The third kappa shape index (κ3) is 1.56. The van der Waals surface area contributed by atoms with E-state index in [2.05, 4.69) is 32.1 Å². The molecule has 76 valence electrons. The maximum Gasteiger partial charge on any atom is 0.000663 e. The van der Waals surface area contributed by atoms with Gasteiger partial charge in [-0.05, 0) is 50.7 Å². The van der Waals surface area contributed by atoms with E-state index < -0.39 is 0 Å². The minimum atomic E-state index is 0.499. The van der Waals surface area contributed by atoms with Crippen LogP contribution in [0.2, 0.25) is 0 Å². The van der Waals surface area contributed by atoms with E-state index in [1.807, 2.05) is 0 Å². The van der Waals surface area contributed by atoms with Crippen molar-refractivity contribution >= 4 is 6.21 Å². The summed E-state index contributed by atoms with van der Waals surface area (Å²) in [4.78, 5) is 0. The Bertz CT molecular complexity index is 284. The Labute approximate surface area is 86.4 Å². The minimum Gasteiger partial charge on any atom is -0.313 e. The van der Waals surface area contributed by atoms with Crippen LogP contribution >= 0.6 is 0 Å². The molecular weight excluding hydrogens is 170 g/mol. The van der Waals surface area contributed by atoms with E-state index in [9.17, 15) is 0 Å². The first-order valence-corrected chi connectivity index (χ1v) is 5.54. The van der Waals surface area contributed by atoms with Crippen LogP contribution in [0.5, 0.6) is 0 Å². The molecular formula is C13H19N. The zero-order valence-electron chi connectivity index (χ0n) is 9.03. The summed E-state index contributed by atoms with van der Waals surface area (Å²) in [6, 6.07) is 0. The maximum absolute atomic E-state index is 7.44. The van der Waals surface area contributed by atoms with Crippen LogP contribution in [0.3, 0.4) is 0 Å². The van der Waals surface area contributed by atoms with Crippen molar-refractivity contribution in [2.45, 2.75) is 26.7 Å². The molecule has 4 atom stereocenters. The van der Waals surface area contributed by atoms with Crippen LogP contribution in [-0.4, -0.2) is 6.21 Å². The van der Waals surface area contributed by atoms with Crippen LogP contribution < -0.4 is 0 Å². The third-order valence-electron chi connectivity index (χ3n) is 3.61. The molecule has 2 aliphatic carbocycles. The Morgan fingerprint density at radius 2 is 2.14 bits per heavy atom. The van der Waals surface area contributed by atoms with Crippen LogP contribution in [0.15, 0.2) is 23.8 Å². The number of hydrogen-bond acceptors (Lipinski definition) is 1. The molecule has 0 bridgehead atoms. The number of allylic oxidation sites excluding steroid dienone is 4. The summed E-state index contributed by atoms with van der Waals surface area (Å²) in [6.45, 7) is 4.35. The first-order valence-electron chi connectivity index (χ1n) is 5.54. The maximum atomic E-state index is 7.44. The lowest BCUT2D eigenvalue weighted by molar-refractivity contribution is 0.418. The van der Waals surface area contributed by atoms with Gasteiger partial charge < -0.3 is 5.41 Å². The molecule has 0 saturated heterocycles. The van der Waals surface area contributed by atoms with Gasteiger partial charge in [-0.15, -0.1) is 0 Å². The summed E-state index contributed by atoms with van der Waals surface area (Å²) in [7, 11) is 0. The normalized spacial score (nSPS) is 39.6. The Hall–Kier alpha value is -0.850. The lowest BCUT2D eigenvalue weighted by Gasteiger charge is -2.15. The van der Waals surface area contributed by atoms with Gasteiger partial charge in [0.15, 0.2) is 0 Å². The molecule has 0 aromatic rings. The van der Waals surface area contributed by atoms with Gasteiger partial charge in [0.1, 0.15) is 0 Å². The van der Waals surface area contributed by atoms with Crippen molar-refractivity contribution in [2.24, 2.45) is 23.7 Å². The predicted molar refractivity (Wildman–Crippen MR) is 60.5 cm³/mol. The molecule has 2 aliphatic rings. The van der Waals surface area contributed by atoms with Crippen LogP contribution in [0.25, 0.3) is 0 Å². The Morgan fingerprint density at radius 1 is 1.36 bits per heavy atom. The number of fused-ring (bicyclic) bond motifs is 1. The van der Waals surface area contributed by atoms with Crippen LogP contribution in [0.4, 0.5) is 0 Å². The Morgan fingerprint density at radius 3 is 2.79 bits per heavy atom. The summed E-state index contributed by atoms with van der Waals surface area (Å²) in [6.07, 6.45) is 11.1. The molecule has 1 heteroatoms. The number of rotatable bonds is 2. The van der Waals surface area contributed by atoms with Crippen LogP contribution in [0, 0.1) is 29.1 Å². The Kier molecular flexibility index (Phi) is 2.58. The second-order valence-electron chi connectivity index (χ2n) is 4.88. The van der Waals surface area contributed by atoms with E-state index in [0.29, 0.717) is 17.8 Å². The van der Waals surface area contributed by atoms with Gasteiger partial charge in [-0.3, -0.25) is 0 Å². The van der Waals surface area contributed by atoms with Gasteiger partial charge in [-0.1, -0.05) is 23.8 Å². The average molecular weight is 189 g/mol. The van der Waals surface area contributed by atoms with Crippen molar-refractivity contribution in [3.8, 4) is 0 Å². The van der Waals surface area contributed by atoms with Gasteiger partial charge in [0.05, 0.1) is 0 Å². The minimum absolute atomic E-state index is 0.499. The van der Waals surface area contributed by atoms with E-state index in [0.717, 1.165) is 5.92 Å². The van der Waals surface area contributed by atoms with Gasteiger partial charge in [0.25, 0.3) is 0 Å². The topological polar surface area (TPSA) is 23.9 Å². The van der Waals surface area contributed by atoms with E-state index in [4.69, 9.17) is 5.41 Å². The summed E-state index contributed by atoms with van der Waals surface area (Å²) < 4.78 is 0. The smallest absolute Gasteiger partial charge is 0.000663 e. The van der Waals surface area contributed by atoms with Gasteiger partial charge in [0, 0.05) is 5.92 Å². The molecule has 0 aromatic heterocycles. The molecule has 1 nitrogen and oxygen atoms in total. The summed E-state index contributed by atoms with van der Waals surface area (Å²) in [5, 5.41) is 7.44. The fourth-order valence-electron chi connectivity index (χ4n) is 3.06. The average Bonchev–Trinajstić information content (AvgIpc) is 2.67. The second-order valence-corrected chi connectivity index (χ2v) is 4.88. The van der Waals surface area contributed by atoms with Crippen molar-refractivity contribution in [1.82, 2.24) is 0 Å². The highest BCUT2D eigenvalue weighted by Gasteiger charge is 2.41. The second kappa shape index (κ2) is 3.72. The zero-order chi connectivity index (χ0) is 10.1. The first-order chi connectivity index (χ1) is 6.72. The molecule has 0 radical (unpaired) electrons. The van der Waals surface area contributed by atoms with Gasteiger partial charge >= 0.3 is 0 Å². The van der Waals surface area contributed by atoms with E-state index in [-0.39, 0.29) is 0 Å². The Balaban J connectivity index is 2.16. The highest BCUT2D eigenvalue weighted by molar-refractivity contribution is 5.59. The fourth-order valence-corrected chi connectivity index (χ4v) is 3.06. The SMILES string of the molecule is CC(C)=CC1CC(C=N)C2C=CCC12. The lowest BCUT2D eigenvalue weighted by atomic mass is 9.89. The van der Waals surface area contributed by atoms with Crippen molar-refractivity contribution in [3.63, 3.8) is 0 Å². The molecule has 2 rings (SSSR count). The molecule has 0 aromatic carbocycles. The van der Waals surface area contributed by atoms with Crippen molar-refractivity contribution in [2.75, 3.05) is 0 Å². The molecule has 14 heavy (non-hydrogen) atoms. The van der Waals surface area contributed by atoms with Gasteiger partial charge in [0.2, 0.25) is 0 Å².